The molecule has 0 fully saturated rings. The Bertz CT molecular complexity index is 901. The molecule has 4 nitrogen and oxygen atoms in total. The molecular formula is C18H15NO3S2. The lowest BCUT2D eigenvalue weighted by Crippen LogP contribution is -2.04. The standard InChI is InChI=1S/C18H15NO3S2/c1-22-12-9-6-10-13(23-2)14(12)15-16(20)19-17(24-18(15)21)11-7-4-3-5-8-11/h3-10,20H,1-2H3. The van der Waals surface area contributed by atoms with Crippen LogP contribution in [0.25, 0.3) is 21.7 Å². The van der Waals surface area contributed by atoms with Crippen molar-refractivity contribution >= 4 is 23.1 Å². The van der Waals surface area contributed by atoms with Gasteiger partial charge in [-0.2, -0.15) is 0 Å². The Hall–Kier alpha value is -2.31. The van der Waals surface area contributed by atoms with Crippen LogP contribution in [-0.4, -0.2) is 23.5 Å². The second-order valence-corrected chi connectivity index (χ2v) is 6.72. The maximum absolute atomic E-state index is 12.7. The van der Waals surface area contributed by atoms with Crippen LogP contribution < -0.4 is 9.48 Å². The third-order valence-electron chi connectivity index (χ3n) is 3.52. The SMILES string of the molecule is COc1cccc(SC)c1-c1c(O)nc(-c2ccccc2)sc1=O. The number of benzene rings is 2. The van der Waals surface area contributed by atoms with E-state index in [-0.39, 0.29) is 16.2 Å². The van der Waals surface area contributed by atoms with Crippen LogP contribution in [0.2, 0.25) is 0 Å². The number of aromatic nitrogens is 1. The molecule has 0 bridgehead atoms. The van der Waals surface area contributed by atoms with Gasteiger partial charge in [0.1, 0.15) is 16.3 Å². The zero-order valence-corrected chi connectivity index (χ0v) is 14.8. The van der Waals surface area contributed by atoms with Crippen molar-refractivity contribution in [1.82, 2.24) is 4.98 Å². The van der Waals surface area contributed by atoms with Crippen molar-refractivity contribution in [3.05, 3.63) is 58.1 Å². The lowest BCUT2D eigenvalue weighted by Gasteiger charge is -2.13. The molecule has 0 unspecified atom stereocenters. The minimum Gasteiger partial charge on any atom is -0.496 e. The van der Waals surface area contributed by atoms with Gasteiger partial charge < -0.3 is 9.84 Å². The Morgan fingerprint density at radius 1 is 1.08 bits per heavy atom. The number of hydrogen-bond acceptors (Lipinski definition) is 6. The monoisotopic (exact) mass is 357 g/mol. The van der Waals surface area contributed by atoms with E-state index in [0.29, 0.717) is 16.3 Å². The fraction of sp³-hybridized carbons (Fsp3) is 0.111. The molecule has 0 spiro atoms. The summed E-state index contributed by atoms with van der Waals surface area (Å²) in [5.41, 5.74) is 1.56. The van der Waals surface area contributed by atoms with Gasteiger partial charge in [-0.15, -0.1) is 11.8 Å². The zero-order chi connectivity index (χ0) is 17.1. The lowest BCUT2D eigenvalue weighted by molar-refractivity contribution is 0.414. The van der Waals surface area contributed by atoms with Crippen LogP contribution >= 0.6 is 23.1 Å². The van der Waals surface area contributed by atoms with Crippen molar-refractivity contribution in [2.75, 3.05) is 13.4 Å². The molecule has 122 valence electrons. The molecular weight excluding hydrogens is 342 g/mol. The Morgan fingerprint density at radius 3 is 2.46 bits per heavy atom. The number of thioether (sulfide) groups is 1. The molecule has 0 aliphatic rings. The average molecular weight is 357 g/mol. The van der Waals surface area contributed by atoms with E-state index in [0.717, 1.165) is 21.8 Å². The molecule has 2 aromatic carbocycles. The Kier molecular flexibility index (Phi) is 4.87. The van der Waals surface area contributed by atoms with Crippen molar-refractivity contribution in [3.63, 3.8) is 0 Å². The third-order valence-corrected chi connectivity index (χ3v) is 5.21. The van der Waals surface area contributed by atoms with Gasteiger partial charge in [-0.3, -0.25) is 4.79 Å². The molecule has 0 amide bonds. The number of ether oxygens (including phenoxy) is 1. The Morgan fingerprint density at radius 2 is 1.83 bits per heavy atom. The van der Waals surface area contributed by atoms with Gasteiger partial charge in [0.15, 0.2) is 0 Å². The molecule has 1 N–H and O–H groups in total. The highest BCUT2D eigenvalue weighted by Gasteiger charge is 2.21. The number of methoxy groups -OCH3 is 1. The van der Waals surface area contributed by atoms with Gasteiger partial charge in [-0.05, 0) is 18.4 Å². The number of rotatable bonds is 4. The number of nitrogens with zero attached hydrogens (tertiary/aromatic N) is 1. The van der Waals surface area contributed by atoms with Crippen LogP contribution in [0.15, 0.2) is 58.2 Å². The minimum absolute atomic E-state index is 0.182. The van der Waals surface area contributed by atoms with E-state index < -0.39 is 0 Å². The van der Waals surface area contributed by atoms with Crippen molar-refractivity contribution in [2.45, 2.75) is 4.90 Å². The van der Waals surface area contributed by atoms with Crippen molar-refractivity contribution in [1.29, 1.82) is 0 Å². The van der Waals surface area contributed by atoms with Gasteiger partial charge in [-0.1, -0.05) is 47.7 Å². The second-order valence-electron chi connectivity index (χ2n) is 4.91. The van der Waals surface area contributed by atoms with Crippen molar-refractivity contribution < 1.29 is 9.84 Å². The molecule has 6 heteroatoms. The number of aromatic hydroxyl groups is 1. The third kappa shape index (κ3) is 3.02. The summed E-state index contributed by atoms with van der Waals surface area (Å²) in [4.78, 5) is 17.8. The molecule has 0 atom stereocenters. The minimum atomic E-state index is -0.280. The quantitative estimate of drug-likeness (QED) is 0.707. The van der Waals surface area contributed by atoms with Gasteiger partial charge in [0, 0.05) is 16.0 Å². The summed E-state index contributed by atoms with van der Waals surface area (Å²) in [6.45, 7) is 0. The van der Waals surface area contributed by atoms with Gasteiger partial charge in [0.2, 0.25) is 10.6 Å². The summed E-state index contributed by atoms with van der Waals surface area (Å²) >= 11 is 2.50. The lowest BCUT2D eigenvalue weighted by atomic mass is 10.1. The van der Waals surface area contributed by atoms with Gasteiger partial charge in [0.05, 0.1) is 7.11 Å². The van der Waals surface area contributed by atoms with E-state index in [2.05, 4.69) is 4.98 Å². The van der Waals surface area contributed by atoms with Crippen LogP contribution in [0.3, 0.4) is 0 Å². The van der Waals surface area contributed by atoms with Crippen molar-refractivity contribution in [3.8, 4) is 33.3 Å². The molecule has 0 saturated heterocycles. The summed E-state index contributed by atoms with van der Waals surface area (Å²) in [7, 11) is 1.54. The molecule has 0 aliphatic carbocycles. The summed E-state index contributed by atoms with van der Waals surface area (Å²) in [5.74, 6) is 0.258. The summed E-state index contributed by atoms with van der Waals surface area (Å²) in [6.07, 6.45) is 1.91. The van der Waals surface area contributed by atoms with Crippen LogP contribution in [-0.2, 0) is 0 Å². The Labute approximate surface area is 147 Å². The molecule has 3 rings (SSSR count). The predicted octanol–water partition coefficient (Wildman–Crippen LogP) is 4.27. The van der Waals surface area contributed by atoms with Gasteiger partial charge >= 0.3 is 0 Å². The summed E-state index contributed by atoms with van der Waals surface area (Å²) in [5, 5.41) is 10.9. The van der Waals surface area contributed by atoms with Crippen LogP contribution in [0.5, 0.6) is 11.6 Å². The van der Waals surface area contributed by atoms with E-state index in [1.165, 1.54) is 11.8 Å². The first-order valence-corrected chi connectivity index (χ1v) is 9.20. The maximum Gasteiger partial charge on any atom is 0.247 e. The second kappa shape index (κ2) is 7.07. The smallest absolute Gasteiger partial charge is 0.247 e. The molecule has 3 aromatic rings. The highest BCUT2D eigenvalue weighted by Crippen LogP contribution is 2.40. The Balaban J connectivity index is 2.23. The van der Waals surface area contributed by atoms with Crippen molar-refractivity contribution in [2.24, 2.45) is 0 Å². The van der Waals surface area contributed by atoms with E-state index >= 15 is 0 Å². The molecule has 0 saturated carbocycles. The first-order valence-electron chi connectivity index (χ1n) is 7.16. The first-order chi connectivity index (χ1) is 11.7. The van der Waals surface area contributed by atoms with E-state index in [1.807, 2.05) is 48.7 Å². The maximum atomic E-state index is 12.7. The molecule has 1 heterocycles. The predicted molar refractivity (Wildman–Crippen MR) is 99.3 cm³/mol. The van der Waals surface area contributed by atoms with Gasteiger partial charge in [0.25, 0.3) is 0 Å². The van der Waals surface area contributed by atoms with E-state index in [4.69, 9.17) is 4.74 Å². The van der Waals surface area contributed by atoms with Crippen LogP contribution in [0.1, 0.15) is 0 Å². The fourth-order valence-corrected chi connectivity index (χ4v) is 3.90. The molecule has 24 heavy (non-hydrogen) atoms. The van der Waals surface area contributed by atoms with E-state index in [1.54, 1.807) is 13.2 Å². The average Bonchev–Trinajstić information content (AvgIpc) is 2.61. The normalized spacial score (nSPS) is 10.6. The highest BCUT2D eigenvalue weighted by molar-refractivity contribution is 7.98. The largest absolute Gasteiger partial charge is 0.496 e. The van der Waals surface area contributed by atoms with Crippen LogP contribution in [0.4, 0.5) is 0 Å². The highest BCUT2D eigenvalue weighted by atomic mass is 32.2. The number of hydrogen-bond donors (Lipinski definition) is 1. The summed E-state index contributed by atoms with van der Waals surface area (Å²) < 4.78 is 5.13. The molecule has 1 aromatic heterocycles. The summed E-state index contributed by atoms with van der Waals surface area (Å²) in [6, 6.07) is 14.8. The zero-order valence-electron chi connectivity index (χ0n) is 13.1. The fourth-order valence-electron chi connectivity index (χ4n) is 2.42. The van der Waals surface area contributed by atoms with Gasteiger partial charge in [-0.25, -0.2) is 4.98 Å². The first kappa shape index (κ1) is 16.5. The topological polar surface area (TPSA) is 59.4 Å². The molecule has 0 aliphatic heterocycles. The van der Waals surface area contributed by atoms with Crippen LogP contribution in [0, 0.1) is 0 Å². The van der Waals surface area contributed by atoms with E-state index in [9.17, 15) is 9.90 Å². The molecule has 0 radical (unpaired) electrons.